The summed E-state index contributed by atoms with van der Waals surface area (Å²) in [5.74, 6) is -3.93. The molecule has 0 aliphatic heterocycles. The lowest BCUT2D eigenvalue weighted by molar-refractivity contribution is -0.139. The van der Waals surface area contributed by atoms with Crippen molar-refractivity contribution in [1.82, 2.24) is 10.6 Å². The molecule has 0 saturated carbocycles. The lowest BCUT2D eigenvalue weighted by atomic mass is 9.89. The fourth-order valence-electron chi connectivity index (χ4n) is 3.50. The van der Waals surface area contributed by atoms with Gasteiger partial charge in [0.15, 0.2) is 0 Å². The van der Waals surface area contributed by atoms with Crippen LogP contribution in [0.5, 0.6) is 0 Å². The molecule has 36 heavy (non-hydrogen) atoms. The summed E-state index contributed by atoms with van der Waals surface area (Å²) >= 11 is 1.15. The Labute approximate surface area is 214 Å². The monoisotopic (exact) mass is 527 g/mol. The van der Waals surface area contributed by atoms with E-state index in [-0.39, 0.29) is 18.6 Å². The molecule has 0 aliphatic rings. The molecular weight excluding hydrogens is 490 g/mol. The minimum Gasteiger partial charge on any atom is -0.480 e. The lowest BCUT2D eigenvalue weighted by Gasteiger charge is -2.35. The minimum atomic E-state index is -1.50. The van der Waals surface area contributed by atoms with Gasteiger partial charge in [-0.2, -0.15) is 0 Å². The number of aliphatic hydroxyl groups is 2. The Morgan fingerprint density at radius 3 is 2.33 bits per heavy atom. The van der Waals surface area contributed by atoms with Crippen LogP contribution in [-0.2, 0) is 19.2 Å². The summed E-state index contributed by atoms with van der Waals surface area (Å²) in [5.41, 5.74) is 4.66. The SMILES string of the molecule is CCCCCC(O)(CO)C(SCC(NC(=O)CCC(N)C(=O)O)C(=O)NCC(=O)O)c1ccccc1. The summed E-state index contributed by atoms with van der Waals surface area (Å²) in [6.07, 6.45) is 2.39. The Morgan fingerprint density at radius 1 is 1.11 bits per heavy atom. The van der Waals surface area contributed by atoms with E-state index in [1.165, 1.54) is 0 Å². The van der Waals surface area contributed by atoms with Crippen LogP contribution in [0.1, 0.15) is 56.3 Å². The molecule has 202 valence electrons. The van der Waals surface area contributed by atoms with Crippen LogP contribution >= 0.6 is 11.8 Å². The number of rotatable bonds is 18. The van der Waals surface area contributed by atoms with Crippen molar-refractivity contribution in [2.45, 2.75) is 68.4 Å². The van der Waals surface area contributed by atoms with Crippen LogP contribution in [0.25, 0.3) is 0 Å². The molecule has 8 N–H and O–H groups in total. The first kappa shape index (κ1) is 31.4. The second-order valence-electron chi connectivity index (χ2n) is 8.56. The van der Waals surface area contributed by atoms with Crippen LogP contribution < -0.4 is 16.4 Å². The number of carbonyl (C=O) groups is 4. The minimum absolute atomic E-state index is 0.0438. The van der Waals surface area contributed by atoms with Crippen molar-refractivity contribution in [3.8, 4) is 0 Å². The van der Waals surface area contributed by atoms with Crippen molar-refractivity contribution in [3.63, 3.8) is 0 Å². The third kappa shape index (κ3) is 10.9. The second-order valence-corrected chi connectivity index (χ2v) is 9.70. The number of thioether (sulfide) groups is 1. The maximum atomic E-state index is 12.7. The Bertz CT molecular complexity index is 857. The molecule has 4 atom stereocenters. The van der Waals surface area contributed by atoms with Crippen LogP contribution in [-0.4, -0.2) is 80.8 Å². The molecule has 0 heterocycles. The number of carbonyl (C=O) groups excluding carboxylic acids is 2. The molecule has 0 aliphatic carbocycles. The first-order chi connectivity index (χ1) is 17.0. The van der Waals surface area contributed by atoms with Gasteiger partial charge in [0.2, 0.25) is 11.8 Å². The molecule has 1 aromatic rings. The molecule has 11 nitrogen and oxygen atoms in total. The lowest BCUT2D eigenvalue weighted by Crippen LogP contribution is -2.50. The third-order valence-electron chi connectivity index (χ3n) is 5.57. The fraction of sp³-hybridized carbons (Fsp3) is 0.583. The summed E-state index contributed by atoms with van der Waals surface area (Å²) in [7, 11) is 0. The number of unbranched alkanes of at least 4 members (excludes halogenated alkanes) is 2. The highest BCUT2D eigenvalue weighted by molar-refractivity contribution is 7.99. The van der Waals surface area contributed by atoms with E-state index in [2.05, 4.69) is 10.6 Å². The first-order valence-electron chi connectivity index (χ1n) is 11.8. The predicted octanol–water partition coefficient (Wildman–Crippen LogP) is 0.642. The standard InChI is InChI=1S/C24H37N3O8S/c1-2-3-7-12-24(35,15-28)21(16-8-5-4-6-9-16)36-14-18(22(32)26-13-20(30)31)27-19(29)11-10-17(25)23(33)34/h4-6,8-9,17-18,21,28,35H,2-3,7,10-15,25H2,1H3,(H,26,32)(H,27,29)(H,30,31)(H,33,34). The highest BCUT2D eigenvalue weighted by atomic mass is 32.2. The Kier molecular flexibility index (Phi) is 14.1. The largest absolute Gasteiger partial charge is 0.480 e. The van der Waals surface area contributed by atoms with Crippen molar-refractivity contribution in [3.05, 3.63) is 35.9 Å². The number of aliphatic carboxylic acids is 2. The maximum absolute atomic E-state index is 12.7. The summed E-state index contributed by atoms with van der Waals surface area (Å²) in [4.78, 5) is 46.9. The summed E-state index contributed by atoms with van der Waals surface area (Å²) in [6, 6.07) is 6.56. The topological polar surface area (TPSA) is 199 Å². The van der Waals surface area contributed by atoms with Crippen molar-refractivity contribution in [2.24, 2.45) is 5.73 Å². The van der Waals surface area contributed by atoms with E-state index in [4.69, 9.17) is 15.9 Å². The van der Waals surface area contributed by atoms with Gasteiger partial charge in [-0.15, -0.1) is 11.8 Å². The third-order valence-corrected chi connectivity index (χ3v) is 7.14. The van der Waals surface area contributed by atoms with E-state index in [0.29, 0.717) is 12.8 Å². The number of hydrogen-bond donors (Lipinski definition) is 7. The van der Waals surface area contributed by atoms with Crippen molar-refractivity contribution >= 4 is 35.5 Å². The highest BCUT2D eigenvalue weighted by Crippen LogP contribution is 2.41. The van der Waals surface area contributed by atoms with E-state index in [1.807, 2.05) is 13.0 Å². The van der Waals surface area contributed by atoms with Gasteiger partial charge >= 0.3 is 11.9 Å². The number of carboxylic acids is 2. The number of aliphatic hydroxyl groups excluding tert-OH is 1. The zero-order valence-corrected chi connectivity index (χ0v) is 21.2. The zero-order valence-electron chi connectivity index (χ0n) is 20.4. The Hall–Kier alpha value is -2.67. The maximum Gasteiger partial charge on any atom is 0.322 e. The van der Waals surface area contributed by atoms with Crippen molar-refractivity contribution < 1.29 is 39.6 Å². The second kappa shape index (κ2) is 16.1. The van der Waals surface area contributed by atoms with Crippen LogP contribution in [0.2, 0.25) is 0 Å². The molecule has 0 fully saturated rings. The van der Waals surface area contributed by atoms with Gasteiger partial charge in [0.1, 0.15) is 24.2 Å². The fourth-order valence-corrected chi connectivity index (χ4v) is 4.97. The van der Waals surface area contributed by atoms with Crippen LogP contribution in [0.3, 0.4) is 0 Å². The number of amides is 2. The number of carboxylic acid groups (broad SMARTS) is 2. The van der Waals surface area contributed by atoms with Gasteiger partial charge < -0.3 is 36.8 Å². The van der Waals surface area contributed by atoms with Crippen LogP contribution in [0.15, 0.2) is 30.3 Å². The number of hydrogen-bond acceptors (Lipinski definition) is 8. The molecular formula is C24H37N3O8S. The van der Waals surface area contributed by atoms with Gasteiger partial charge in [-0.1, -0.05) is 56.5 Å². The van der Waals surface area contributed by atoms with E-state index in [1.54, 1.807) is 24.3 Å². The van der Waals surface area contributed by atoms with E-state index in [0.717, 1.165) is 30.2 Å². The van der Waals surface area contributed by atoms with Gasteiger partial charge in [-0.25, -0.2) is 0 Å². The summed E-state index contributed by atoms with van der Waals surface area (Å²) in [5, 5.41) is 43.4. The molecule has 0 aromatic heterocycles. The van der Waals surface area contributed by atoms with Crippen LogP contribution in [0, 0.1) is 0 Å². The van der Waals surface area contributed by atoms with Crippen LogP contribution in [0.4, 0.5) is 0 Å². The molecule has 1 rings (SSSR count). The predicted molar refractivity (Wildman–Crippen MR) is 135 cm³/mol. The zero-order chi connectivity index (χ0) is 27.1. The van der Waals surface area contributed by atoms with Gasteiger partial charge in [0.05, 0.1) is 11.9 Å². The molecule has 4 unspecified atom stereocenters. The highest BCUT2D eigenvalue weighted by Gasteiger charge is 2.38. The van der Waals surface area contributed by atoms with E-state index in [9.17, 15) is 29.4 Å². The molecule has 12 heteroatoms. The Balaban J connectivity index is 3.08. The number of nitrogens with one attached hydrogen (secondary N) is 2. The normalized spacial score (nSPS) is 15.2. The summed E-state index contributed by atoms with van der Waals surface area (Å²) in [6.45, 7) is 0.853. The van der Waals surface area contributed by atoms with Gasteiger partial charge in [0, 0.05) is 12.2 Å². The average Bonchev–Trinajstić information content (AvgIpc) is 2.85. The van der Waals surface area contributed by atoms with Gasteiger partial charge in [-0.3, -0.25) is 19.2 Å². The molecule has 0 spiro atoms. The van der Waals surface area contributed by atoms with Crippen molar-refractivity contribution in [2.75, 3.05) is 18.9 Å². The van der Waals surface area contributed by atoms with Gasteiger partial charge in [0.25, 0.3) is 0 Å². The number of benzene rings is 1. The molecule has 0 saturated heterocycles. The van der Waals surface area contributed by atoms with E-state index < -0.39 is 59.8 Å². The average molecular weight is 528 g/mol. The number of nitrogens with two attached hydrogens (primary N) is 1. The smallest absolute Gasteiger partial charge is 0.322 e. The van der Waals surface area contributed by atoms with Crippen molar-refractivity contribution in [1.29, 1.82) is 0 Å². The van der Waals surface area contributed by atoms with Gasteiger partial charge in [-0.05, 0) is 18.4 Å². The molecule has 0 radical (unpaired) electrons. The molecule has 0 bridgehead atoms. The van der Waals surface area contributed by atoms with E-state index >= 15 is 0 Å². The first-order valence-corrected chi connectivity index (χ1v) is 12.9. The molecule has 1 aromatic carbocycles. The molecule has 2 amide bonds. The summed E-state index contributed by atoms with van der Waals surface area (Å²) < 4.78 is 0. The Morgan fingerprint density at radius 2 is 1.78 bits per heavy atom. The quantitative estimate of drug-likeness (QED) is 0.133.